The second kappa shape index (κ2) is 8.57. The van der Waals surface area contributed by atoms with E-state index in [4.69, 9.17) is 5.11 Å². The van der Waals surface area contributed by atoms with Crippen molar-refractivity contribution in [3.8, 4) is 0 Å². The number of benzene rings is 1. The van der Waals surface area contributed by atoms with E-state index in [0.29, 0.717) is 25.3 Å². The van der Waals surface area contributed by atoms with Crippen LogP contribution in [0.3, 0.4) is 0 Å². The van der Waals surface area contributed by atoms with Gasteiger partial charge in [-0.05, 0) is 37.8 Å². The van der Waals surface area contributed by atoms with Crippen LogP contribution in [0.5, 0.6) is 0 Å². The van der Waals surface area contributed by atoms with E-state index in [1.807, 2.05) is 35.2 Å². The fourth-order valence-corrected chi connectivity index (χ4v) is 3.16. The Bertz CT molecular complexity index is 480. The standard InChI is InChI=1S/C18H25NO3/c20-17(13-7-8-14-18(21)22)19(15-9-3-1-4-10-15)16-11-5-2-6-12-16/h1,3-4,9-10,16H,2,5-8,11-14H2,(H,21,22). The van der Waals surface area contributed by atoms with Gasteiger partial charge in [0, 0.05) is 24.6 Å². The molecule has 4 nitrogen and oxygen atoms in total. The van der Waals surface area contributed by atoms with Crippen LogP contribution in [0.15, 0.2) is 30.3 Å². The van der Waals surface area contributed by atoms with E-state index in [-0.39, 0.29) is 12.3 Å². The third-order valence-corrected chi connectivity index (χ3v) is 4.27. The van der Waals surface area contributed by atoms with E-state index in [2.05, 4.69) is 0 Å². The number of aliphatic carboxylic acids is 1. The Balaban J connectivity index is 2.00. The van der Waals surface area contributed by atoms with Crippen molar-refractivity contribution in [3.63, 3.8) is 0 Å². The first-order chi connectivity index (χ1) is 10.7. The molecule has 1 aliphatic carbocycles. The van der Waals surface area contributed by atoms with Crippen LogP contribution in [0.25, 0.3) is 0 Å². The highest BCUT2D eigenvalue weighted by atomic mass is 16.4. The molecule has 0 aromatic heterocycles. The van der Waals surface area contributed by atoms with Crippen LogP contribution in [-0.4, -0.2) is 23.0 Å². The van der Waals surface area contributed by atoms with Gasteiger partial charge in [-0.3, -0.25) is 9.59 Å². The highest BCUT2D eigenvalue weighted by molar-refractivity contribution is 5.93. The van der Waals surface area contributed by atoms with Gasteiger partial charge in [-0.25, -0.2) is 0 Å². The molecular formula is C18H25NO3. The highest BCUT2D eigenvalue weighted by Crippen LogP contribution is 2.28. The van der Waals surface area contributed by atoms with Crippen molar-refractivity contribution >= 4 is 17.6 Å². The fraction of sp³-hybridized carbons (Fsp3) is 0.556. The predicted octanol–water partition coefficient (Wildman–Crippen LogP) is 4.00. The fourth-order valence-electron chi connectivity index (χ4n) is 3.16. The quantitative estimate of drug-likeness (QED) is 0.775. The zero-order valence-corrected chi connectivity index (χ0v) is 13.0. The minimum atomic E-state index is -0.792. The summed E-state index contributed by atoms with van der Waals surface area (Å²) in [6.45, 7) is 0. The summed E-state index contributed by atoms with van der Waals surface area (Å²) in [5.41, 5.74) is 0.970. The van der Waals surface area contributed by atoms with Crippen LogP contribution in [-0.2, 0) is 9.59 Å². The summed E-state index contributed by atoms with van der Waals surface area (Å²) >= 11 is 0. The number of unbranched alkanes of at least 4 members (excludes halogenated alkanes) is 1. The van der Waals surface area contributed by atoms with Gasteiger partial charge in [0.2, 0.25) is 5.91 Å². The molecule has 1 amide bonds. The van der Waals surface area contributed by atoms with Gasteiger partial charge in [-0.2, -0.15) is 0 Å². The first kappa shape index (κ1) is 16.5. The Morgan fingerprint density at radius 2 is 1.64 bits per heavy atom. The van der Waals surface area contributed by atoms with Gasteiger partial charge in [0.05, 0.1) is 0 Å². The van der Waals surface area contributed by atoms with E-state index in [1.54, 1.807) is 0 Å². The number of rotatable bonds is 7. The Hall–Kier alpha value is -1.84. The molecule has 1 saturated carbocycles. The lowest BCUT2D eigenvalue weighted by Gasteiger charge is -2.34. The molecule has 2 rings (SSSR count). The van der Waals surface area contributed by atoms with Crippen LogP contribution in [0.1, 0.15) is 57.8 Å². The third kappa shape index (κ3) is 4.86. The average Bonchev–Trinajstić information content (AvgIpc) is 2.54. The maximum atomic E-state index is 12.7. The SMILES string of the molecule is O=C(O)CCCCC(=O)N(c1ccccc1)C1CCCCC1. The Morgan fingerprint density at radius 1 is 1.00 bits per heavy atom. The third-order valence-electron chi connectivity index (χ3n) is 4.27. The van der Waals surface area contributed by atoms with Crippen LogP contribution in [0.4, 0.5) is 5.69 Å². The summed E-state index contributed by atoms with van der Waals surface area (Å²) in [6, 6.07) is 10.2. The zero-order valence-electron chi connectivity index (χ0n) is 13.0. The van der Waals surface area contributed by atoms with Crippen molar-refractivity contribution in [2.45, 2.75) is 63.8 Å². The zero-order chi connectivity index (χ0) is 15.8. The first-order valence-corrected chi connectivity index (χ1v) is 8.27. The van der Waals surface area contributed by atoms with Gasteiger partial charge in [-0.15, -0.1) is 0 Å². The molecule has 0 bridgehead atoms. The number of amides is 1. The van der Waals surface area contributed by atoms with Crippen LogP contribution in [0, 0.1) is 0 Å². The molecule has 1 fully saturated rings. The molecule has 1 N–H and O–H groups in total. The summed E-state index contributed by atoms with van der Waals surface area (Å²) in [6.07, 6.45) is 7.52. The van der Waals surface area contributed by atoms with Crippen molar-refractivity contribution in [1.29, 1.82) is 0 Å². The summed E-state index contributed by atoms with van der Waals surface area (Å²) in [7, 11) is 0. The normalized spacial score (nSPS) is 15.5. The van der Waals surface area contributed by atoms with E-state index in [1.165, 1.54) is 19.3 Å². The molecule has 1 aromatic rings. The number of carbonyl (C=O) groups is 2. The molecule has 1 aromatic carbocycles. The second-order valence-corrected chi connectivity index (χ2v) is 5.99. The number of carboxylic acids is 1. The van der Waals surface area contributed by atoms with E-state index >= 15 is 0 Å². The van der Waals surface area contributed by atoms with E-state index in [9.17, 15) is 9.59 Å². The van der Waals surface area contributed by atoms with Gasteiger partial charge in [-0.1, -0.05) is 37.5 Å². The number of hydrogen-bond acceptors (Lipinski definition) is 2. The molecule has 0 aliphatic heterocycles. The number of carbonyl (C=O) groups excluding carboxylic acids is 1. The van der Waals surface area contributed by atoms with Crippen molar-refractivity contribution in [3.05, 3.63) is 30.3 Å². The van der Waals surface area contributed by atoms with Crippen molar-refractivity contribution in [2.75, 3.05) is 4.90 Å². The minimum absolute atomic E-state index is 0.128. The summed E-state index contributed by atoms with van der Waals surface area (Å²) < 4.78 is 0. The van der Waals surface area contributed by atoms with Gasteiger partial charge < -0.3 is 10.0 Å². The van der Waals surface area contributed by atoms with Crippen LogP contribution < -0.4 is 4.90 Å². The first-order valence-electron chi connectivity index (χ1n) is 8.27. The molecule has 0 spiro atoms. The predicted molar refractivity (Wildman–Crippen MR) is 86.9 cm³/mol. The molecule has 22 heavy (non-hydrogen) atoms. The largest absolute Gasteiger partial charge is 0.481 e. The molecule has 1 aliphatic rings. The maximum absolute atomic E-state index is 12.7. The van der Waals surface area contributed by atoms with E-state index < -0.39 is 5.97 Å². The van der Waals surface area contributed by atoms with E-state index in [0.717, 1.165) is 18.5 Å². The second-order valence-electron chi connectivity index (χ2n) is 5.99. The number of hydrogen-bond donors (Lipinski definition) is 1. The molecule has 0 heterocycles. The van der Waals surface area contributed by atoms with Crippen molar-refractivity contribution in [1.82, 2.24) is 0 Å². The average molecular weight is 303 g/mol. The number of carboxylic acid groups (broad SMARTS) is 1. The van der Waals surface area contributed by atoms with Gasteiger partial charge in [0.15, 0.2) is 0 Å². The van der Waals surface area contributed by atoms with Gasteiger partial charge in [0.25, 0.3) is 0 Å². The van der Waals surface area contributed by atoms with Crippen molar-refractivity contribution < 1.29 is 14.7 Å². The van der Waals surface area contributed by atoms with Crippen LogP contribution in [0.2, 0.25) is 0 Å². The smallest absolute Gasteiger partial charge is 0.303 e. The highest BCUT2D eigenvalue weighted by Gasteiger charge is 2.26. The Kier molecular flexibility index (Phi) is 6.44. The molecule has 4 heteroatoms. The Morgan fingerprint density at radius 3 is 2.27 bits per heavy atom. The lowest BCUT2D eigenvalue weighted by Crippen LogP contribution is -2.41. The summed E-state index contributed by atoms with van der Waals surface area (Å²) in [5, 5.41) is 8.67. The van der Waals surface area contributed by atoms with Gasteiger partial charge in [0.1, 0.15) is 0 Å². The van der Waals surface area contributed by atoms with Crippen molar-refractivity contribution in [2.24, 2.45) is 0 Å². The minimum Gasteiger partial charge on any atom is -0.481 e. The monoisotopic (exact) mass is 303 g/mol. The number of para-hydroxylation sites is 1. The number of nitrogens with zero attached hydrogens (tertiary/aromatic N) is 1. The molecule has 0 radical (unpaired) electrons. The van der Waals surface area contributed by atoms with Gasteiger partial charge >= 0.3 is 5.97 Å². The molecule has 0 saturated heterocycles. The molecular weight excluding hydrogens is 278 g/mol. The molecule has 0 atom stereocenters. The Labute approximate surface area is 132 Å². The maximum Gasteiger partial charge on any atom is 0.303 e. The summed E-state index contributed by atoms with van der Waals surface area (Å²) in [4.78, 5) is 25.2. The summed E-state index contributed by atoms with van der Waals surface area (Å²) in [5.74, 6) is -0.664. The molecule has 120 valence electrons. The number of anilines is 1. The lowest BCUT2D eigenvalue weighted by atomic mass is 9.93. The lowest BCUT2D eigenvalue weighted by molar-refractivity contribution is -0.137. The topological polar surface area (TPSA) is 57.6 Å². The molecule has 0 unspecified atom stereocenters. The van der Waals surface area contributed by atoms with Crippen LogP contribution >= 0.6 is 0 Å².